The van der Waals surface area contributed by atoms with Crippen LogP contribution in [0, 0.1) is 5.82 Å². The minimum atomic E-state index is -4.25. The van der Waals surface area contributed by atoms with Gasteiger partial charge in [0.1, 0.15) is 16.8 Å². The summed E-state index contributed by atoms with van der Waals surface area (Å²) >= 11 is 0. The van der Waals surface area contributed by atoms with Crippen molar-refractivity contribution in [1.82, 2.24) is 14.9 Å². The smallest absolute Gasteiger partial charge is 0.325 e. The highest BCUT2D eigenvalue weighted by molar-refractivity contribution is 7.89. The predicted molar refractivity (Wildman–Crippen MR) is 91.5 cm³/mol. The van der Waals surface area contributed by atoms with E-state index in [1.807, 2.05) is 5.32 Å². The van der Waals surface area contributed by atoms with Crippen molar-refractivity contribution in [2.45, 2.75) is 36.8 Å². The third-order valence-corrected chi connectivity index (χ3v) is 5.97. The van der Waals surface area contributed by atoms with Crippen LogP contribution in [0.3, 0.4) is 0 Å². The highest BCUT2D eigenvalue weighted by Gasteiger charge is 2.42. The number of nitrogens with zero attached hydrogens (tertiary/aromatic N) is 1. The Morgan fingerprint density at radius 2 is 1.96 bits per heavy atom. The first-order valence-corrected chi connectivity index (χ1v) is 9.62. The topological polar surface area (TPSA) is 122 Å². The third kappa shape index (κ3) is 4.61. The molecule has 0 saturated carbocycles. The maximum absolute atomic E-state index is 13.9. The molecule has 2 atom stereocenters. The fourth-order valence-corrected chi connectivity index (χ4v) is 4.34. The van der Waals surface area contributed by atoms with Gasteiger partial charge in [-0.2, -0.15) is 4.31 Å². The first kappa shape index (κ1) is 20.8. The minimum Gasteiger partial charge on any atom is -0.451 e. The van der Waals surface area contributed by atoms with Crippen LogP contribution >= 0.6 is 0 Å². The Hall–Kier alpha value is -2.53. The van der Waals surface area contributed by atoms with Gasteiger partial charge in [0.25, 0.3) is 5.91 Å². The zero-order chi connectivity index (χ0) is 20.2. The Kier molecular flexibility index (Phi) is 6.50. The number of carbonyl (C=O) groups excluding carboxylic acids is 3. The van der Waals surface area contributed by atoms with Crippen molar-refractivity contribution in [3.05, 3.63) is 30.1 Å². The quantitative estimate of drug-likeness (QED) is 0.688. The standard InChI is InChI=1S/C16H20FN3O6S/c1-10(14(21)19-16(23)18-2)26-15(22)12-7-5-9-20(12)27(24,25)13-8-4-3-6-11(13)17/h3-4,6,8,10,12H,5,7,9H2,1-2H3,(H2,18,19,21,23)/t10-,12-/m0/s1. The van der Waals surface area contributed by atoms with Gasteiger partial charge in [-0.1, -0.05) is 12.1 Å². The molecule has 0 aliphatic carbocycles. The summed E-state index contributed by atoms with van der Waals surface area (Å²) in [6, 6.07) is 2.92. The third-order valence-electron chi connectivity index (χ3n) is 4.03. The number of carbonyl (C=O) groups is 3. The lowest BCUT2D eigenvalue weighted by atomic mass is 10.2. The molecule has 2 rings (SSSR count). The maximum Gasteiger partial charge on any atom is 0.325 e. The molecule has 0 aromatic heterocycles. The number of halogens is 1. The zero-order valence-electron chi connectivity index (χ0n) is 14.8. The molecule has 0 spiro atoms. The summed E-state index contributed by atoms with van der Waals surface area (Å²) in [6.07, 6.45) is -0.754. The number of hydrogen-bond donors (Lipinski definition) is 2. The van der Waals surface area contributed by atoms with Crippen molar-refractivity contribution in [1.29, 1.82) is 0 Å². The maximum atomic E-state index is 13.9. The summed E-state index contributed by atoms with van der Waals surface area (Å²) in [6.45, 7) is 1.27. The highest BCUT2D eigenvalue weighted by atomic mass is 32.2. The van der Waals surface area contributed by atoms with Crippen molar-refractivity contribution in [2.24, 2.45) is 0 Å². The molecule has 0 unspecified atom stereocenters. The zero-order valence-corrected chi connectivity index (χ0v) is 15.6. The van der Waals surface area contributed by atoms with Crippen LogP contribution < -0.4 is 10.6 Å². The van der Waals surface area contributed by atoms with Gasteiger partial charge in [-0.3, -0.25) is 14.9 Å². The molecule has 27 heavy (non-hydrogen) atoms. The SMILES string of the molecule is CNC(=O)NC(=O)[C@H](C)OC(=O)[C@@H]1CCCN1S(=O)(=O)c1ccccc1F. The van der Waals surface area contributed by atoms with Crippen molar-refractivity contribution in [3.8, 4) is 0 Å². The number of rotatable bonds is 5. The molecule has 3 amide bonds. The Bertz CT molecular complexity index is 844. The number of urea groups is 1. The fraction of sp³-hybridized carbons (Fsp3) is 0.438. The second-order valence-corrected chi connectivity index (χ2v) is 7.71. The lowest BCUT2D eigenvalue weighted by Gasteiger charge is -2.24. The highest BCUT2D eigenvalue weighted by Crippen LogP contribution is 2.28. The minimum absolute atomic E-state index is 0.0231. The second kappa shape index (κ2) is 8.44. The average Bonchev–Trinajstić information content (AvgIpc) is 3.12. The van der Waals surface area contributed by atoms with Crippen molar-refractivity contribution >= 4 is 27.9 Å². The Balaban J connectivity index is 2.13. The Morgan fingerprint density at radius 1 is 1.30 bits per heavy atom. The van der Waals surface area contributed by atoms with Crippen LogP contribution in [0.5, 0.6) is 0 Å². The number of benzene rings is 1. The Labute approximate surface area is 155 Å². The predicted octanol–water partition coefficient (Wildman–Crippen LogP) is 0.366. The van der Waals surface area contributed by atoms with E-state index in [1.54, 1.807) is 0 Å². The van der Waals surface area contributed by atoms with Gasteiger partial charge in [0.2, 0.25) is 10.0 Å². The van der Waals surface area contributed by atoms with E-state index in [9.17, 15) is 27.2 Å². The summed E-state index contributed by atoms with van der Waals surface area (Å²) < 4.78 is 45.2. The van der Waals surface area contributed by atoms with Crippen LogP contribution in [0.4, 0.5) is 9.18 Å². The molecule has 1 aliphatic heterocycles. The summed E-state index contributed by atoms with van der Waals surface area (Å²) in [5, 5.41) is 4.13. The van der Waals surface area contributed by atoms with Crippen LogP contribution in [0.25, 0.3) is 0 Å². The lowest BCUT2D eigenvalue weighted by molar-refractivity contribution is -0.157. The van der Waals surface area contributed by atoms with Crippen molar-refractivity contribution in [3.63, 3.8) is 0 Å². The fourth-order valence-electron chi connectivity index (χ4n) is 2.63. The second-order valence-electron chi connectivity index (χ2n) is 5.85. The van der Waals surface area contributed by atoms with Crippen LogP contribution in [0.1, 0.15) is 19.8 Å². The number of hydrogen-bond acceptors (Lipinski definition) is 6. The first-order chi connectivity index (χ1) is 12.7. The molecule has 2 N–H and O–H groups in total. The van der Waals surface area contributed by atoms with E-state index in [-0.39, 0.29) is 13.0 Å². The van der Waals surface area contributed by atoms with Gasteiger partial charge in [-0.05, 0) is 31.9 Å². The molecule has 1 aromatic rings. The number of imide groups is 1. The molecule has 1 aliphatic rings. The molecule has 0 bridgehead atoms. The summed E-state index contributed by atoms with van der Waals surface area (Å²) in [4.78, 5) is 34.8. The monoisotopic (exact) mass is 401 g/mol. The van der Waals surface area contributed by atoms with E-state index in [1.165, 1.54) is 26.1 Å². The summed E-state index contributed by atoms with van der Waals surface area (Å²) in [7, 11) is -2.94. The number of amides is 3. The van der Waals surface area contributed by atoms with Gasteiger partial charge in [0, 0.05) is 13.6 Å². The van der Waals surface area contributed by atoms with Crippen LogP contribution in [0.15, 0.2) is 29.2 Å². The first-order valence-electron chi connectivity index (χ1n) is 8.18. The van der Waals surface area contributed by atoms with Gasteiger partial charge in [0.15, 0.2) is 6.10 Å². The molecule has 1 aromatic carbocycles. The molecule has 148 valence electrons. The van der Waals surface area contributed by atoms with Crippen LogP contribution in [-0.4, -0.2) is 56.4 Å². The number of nitrogens with one attached hydrogen (secondary N) is 2. The molecule has 1 heterocycles. The molecule has 11 heteroatoms. The summed E-state index contributed by atoms with van der Waals surface area (Å²) in [5.74, 6) is -2.72. The Morgan fingerprint density at radius 3 is 2.59 bits per heavy atom. The molecule has 9 nitrogen and oxygen atoms in total. The van der Waals surface area contributed by atoms with Gasteiger partial charge >= 0.3 is 12.0 Å². The average molecular weight is 401 g/mol. The van der Waals surface area contributed by atoms with Crippen LogP contribution in [-0.2, 0) is 24.3 Å². The van der Waals surface area contributed by atoms with E-state index in [0.29, 0.717) is 6.42 Å². The van der Waals surface area contributed by atoms with E-state index in [0.717, 1.165) is 16.4 Å². The van der Waals surface area contributed by atoms with E-state index in [2.05, 4.69) is 5.32 Å². The summed E-state index contributed by atoms with van der Waals surface area (Å²) in [5.41, 5.74) is 0. The normalized spacial score (nSPS) is 18.6. The van der Waals surface area contributed by atoms with Gasteiger partial charge in [0.05, 0.1) is 0 Å². The molecule has 1 fully saturated rings. The van der Waals surface area contributed by atoms with Gasteiger partial charge in [-0.25, -0.2) is 17.6 Å². The molecule has 0 radical (unpaired) electrons. The number of sulfonamides is 1. The van der Waals surface area contributed by atoms with Gasteiger partial charge < -0.3 is 10.1 Å². The molecular weight excluding hydrogens is 381 g/mol. The van der Waals surface area contributed by atoms with Crippen LogP contribution in [0.2, 0.25) is 0 Å². The van der Waals surface area contributed by atoms with E-state index >= 15 is 0 Å². The van der Waals surface area contributed by atoms with Crippen molar-refractivity contribution in [2.75, 3.05) is 13.6 Å². The van der Waals surface area contributed by atoms with E-state index < -0.39 is 50.8 Å². The van der Waals surface area contributed by atoms with E-state index in [4.69, 9.17) is 4.74 Å². The molecular formula is C16H20FN3O6S. The molecule has 1 saturated heterocycles. The number of ether oxygens (including phenoxy) is 1. The van der Waals surface area contributed by atoms with Crippen molar-refractivity contribution < 1.29 is 31.9 Å². The van der Waals surface area contributed by atoms with Gasteiger partial charge in [-0.15, -0.1) is 0 Å². The lowest BCUT2D eigenvalue weighted by Crippen LogP contribution is -2.46. The number of esters is 1. The largest absolute Gasteiger partial charge is 0.451 e.